The van der Waals surface area contributed by atoms with Gasteiger partial charge in [0.05, 0.1) is 19.1 Å². The maximum absolute atomic E-state index is 12.4. The molecule has 3 rings (SSSR count). The fraction of sp³-hybridized carbons (Fsp3) is 0.455. The van der Waals surface area contributed by atoms with Gasteiger partial charge in [0.1, 0.15) is 0 Å². The van der Waals surface area contributed by atoms with Gasteiger partial charge in [-0.3, -0.25) is 4.90 Å². The average molecular weight is 487 g/mol. The minimum atomic E-state index is -3.61. The van der Waals surface area contributed by atoms with E-state index in [1.165, 1.54) is 29.3 Å². The van der Waals surface area contributed by atoms with Crippen molar-refractivity contribution < 1.29 is 17.9 Å². The molecule has 0 bridgehead atoms. The van der Waals surface area contributed by atoms with Gasteiger partial charge < -0.3 is 9.47 Å². The number of rotatable bonds is 10. The molecule has 0 radical (unpaired) electrons. The molecule has 0 aromatic heterocycles. The monoisotopic (exact) mass is 486 g/mol. The summed E-state index contributed by atoms with van der Waals surface area (Å²) in [5, 5.41) is 0.596. The number of halogens is 2. The van der Waals surface area contributed by atoms with Gasteiger partial charge in [-0.2, -0.15) is 0 Å². The van der Waals surface area contributed by atoms with E-state index in [0.717, 1.165) is 56.8 Å². The lowest BCUT2D eigenvalue weighted by atomic mass is 9.98. The van der Waals surface area contributed by atoms with Crippen molar-refractivity contribution in [2.24, 2.45) is 0 Å². The van der Waals surface area contributed by atoms with E-state index >= 15 is 0 Å². The van der Waals surface area contributed by atoms with Crippen LogP contribution in [0.15, 0.2) is 35.2 Å². The van der Waals surface area contributed by atoms with Crippen LogP contribution in [0.2, 0.25) is 10.0 Å². The molecule has 0 aliphatic carbocycles. The second-order valence-electron chi connectivity index (χ2n) is 7.57. The molecule has 1 aliphatic heterocycles. The Balaban J connectivity index is 1.42. The summed E-state index contributed by atoms with van der Waals surface area (Å²) >= 11 is 11.8. The standard InChI is InChI=1S/C22H28Cl2N2O4S/c1-29-21-10-16-6-9-26(15-17(16)11-22(21)30-2)8-5-3-4-7-25-31(27,28)20-13-18(23)12-19(24)14-20/h10-14,25H,3-9,15H2,1-2H3. The van der Waals surface area contributed by atoms with Gasteiger partial charge >= 0.3 is 0 Å². The van der Waals surface area contributed by atoms with Gasteiger partial charge in [0.2, 0.25) is 10.0 Å². The highest BCUT2D eigenvalue weighted by molar-refractivity contribution is 7.89. The lowest BCUT2D eigenvalue weighted by Crippen LogP contribution is -2.31. The number of methoxy groups -OCH3 is 2. The number of hydrogen-bond donors (Lipinski definition) is 1. The molecule has 0 amide bonds. The molecule has 2 aromatic carbocycles. The molecule has 0 spiro atoms. The summed E-state index contributed by atoms with van der Waals surface area (Å²) < 4.78 is 38.2. The first-order valence-corrected chi connectivity index (χ1v) is 12.5. The minimum Gasteiger partial charge on any atom is -0.493 e. The normalized spacial score (nSPS) is 14.3. The molecular formula is C22H28Cl2N2O4S. The second kappa shape index (κ2) is 10.9. The second-order valence-corrected chi connectivity index (χ2v) is 10.2. The molecule has 0 atom stereocenters. The van der Waals surface area contributed by atoms with Gasteiger partial charge in [-0.25, -0.2) is 13.1 Å². The van der Waals surface area contributed by atoms with Crippen molar-refractivity contribution in [3.05, 3.63) is 51.5 Å². The van der Waals surface area contributed by atoms with Crippen LogP contribution in [0.5, 0.6) is 11.5 Å². The largest absolute Gasteiger partial charge is 0.493 e. The van der Waals surface area contributed by atoms with Gasteiger partial charge in [0, 0.05) is 29.7 Å². The zero-order valence-electron chi connectivity index (χ0n) is 17.8. The predicted molar refractivity (Wildman–Crippen MR) is 124 cm³/mol. The van der Waals surface area contributed by atoms with Crippen LogP contribution in [-0.2, 0) is 23.0 Å². The topological polar surface area (TPSA) is 67.9 Å². The first-order valence-electron chi connectivity index (χ1n) is 10.2. The van der Waals surface area contributed by atoms with E-state index in [4.69, 9.17) is 32.7 Å². The van der Waals surface area contributed by atoms with Crippen molar-refractivity contribution in [2.75, 3.05) is 33.9 Å². The van der Waals surface area contributed by atoms with Gasteiger partial charge in [-0.05, 0) is 67.3 Å². The Bertz CT molecular complexity index is 995. The molecule has 1 heterocycles. The highest BCUT2D eigenvalue weighted by Gasteiger charge is 2.19. The van der Waals surface area contributed by atoms with Crippen LogP contribution in [0.1, 0.15) is 30.4 Å². The third-order valence-electron chi connectivity index (χ3n) is 5.39. The Hall–Kier alpha value is -1.51. The van der Waals surface area contributed by atoms with Gasteiger partial charge in [-0.15, -0.1) is 0 Å². The van der Waals surface area contributed by atoms with Crippen LogP contribution in [-0.4, -0.2) is 47.2 Å². The highest BCUT2D eigenvalue weighted by Crippen LogP contribution is 2.33. The summed E-state index contributed by atoms with van der Waals surface area (Å²) in [5.41, 5.74) is 2.58. The zero-order valence-corrected chi connectivity index (χ0v) is 20.1. The smallest absolute Gasteiger partial charge is 0.240 e. The number of unbranched alkanes of at least 4 members (excludes halogenated alkanes) is 2. The molecule has 1 aliphatic rings. The Morgan fingerprint density at radius 2 is 1.58 bits per heavy atom. The molecule has 0 unspecified atom stereocenters. The maximum Gasteiger partial charge on any atom is 0.240 e. The molecule has 2 aromatic rings. The SMILES string of the molecule is COc1cc2c(cc1OC)CN(CCCCCNS(=O)(=O)c1cc(Cl)cc(Cl)c1)CC2. The highest BCUT2D eigenvalue weighted by atomic mass is 35.5. The van der Waals surface area contributed by atoms with E-state index in [2.05, 4.69) is 21.8 Å². The number of fused-ring (bicyclic) bond motifs is 1. The molecule has 9 heteroatoms. The molecular weight excluding hydrogens is 459 g/mol. The van der Waals surface area contributed by atoms with E-state index in [-0.39, 0.29) is 4.90 Å². The number of benzene rings is 2. The fourth-order valence-electron chi connectivity index (χ4n) is 3.74. The number of nitrogens with zero attached hydrogens (tertiary/aromatic N) is 1. The molecule has 0 fully saturated rings. The van der Waals surface area contributed by atoms with Crippen LogP contribution in [0.3, 0.4) is 0 Å². The zero-order chi connectivity index (χ0) is 22.4. The number of ether oxygens (including phenoxy) is 2. The lowest BCUT2D eigenvalue weighted by Gasteiger charge is -2.29. The van der Waals surface area contributed by atoms with E-state index in [9.17, 15) is 8.42 Å². The van der Waals surface area contributed by atoms with Crippen LogP contribution in [0.25, 0.3) is 0 Å². The van der Waals surface area contributed by atoms with E-state index < -0.39 is 10.0 Å². The Morgan fingerprint density at radius 3 is 2.23 bits per heavy atom. The van der Waals surface area contributed by atoms with E-state index in [0.29, 0.717) is 16.6 Å². The van der Waals surface area contributed by atoms with Gasteiger partial charge in [-0.1, -0.05) is 29.6 Å². The number of nitrogens with one attached hydrogen (secondary N) is 1. The molecule has 1 N–H and O–H groups in total. The average Bonchev–Trinajstić information content (AvgIpc) is 2.74. The van der Waals surface area contributed by atoms with Gasteiger partial charge in [0.25, 0.3) is 0 Å². The van der Waals surface area contributed by atoms with E-state index in [1.54, 1.807) is 14.2 Å². The van der Waals surface area contributed by atoms with Crippen LogP contribution in [0.4, 0.5) is 0 Å². The summed E-state index contributed by atoms with van der Waals surface area (Å²) in [6.45, 7) is 3.25. The van der Waals surface area contributed by atoms with Crippen LogP contribution in [0, 0.1) is 0 Å². The molecule has 6 nitrogen and oxygen atoms in total. The van der Waals surface area contributed by atoms with Crippen molar-refractivity contribution >= 4 is 33.2 Å². The third-order valence-corrected chi connectivity index (χ3v) is 7.26. The summed E-state index contributed by atoms with van der Waals surface area (Å²) in [5.74, 6) is 1.54. The van der Waals surface area contributed by atoms with Crippen molar-refractivity contribution in [1.82, 2.24) is 9.62 Å². The first-order chi connectivity index (χ1) is 14.8. The quantitative estimate of drug-likeness (QED) is 0.500. The maximum atomic E-state index is 12.4. The van der Waals surface area contributed by atoms with Crippen LogP contribution >= 0.6 is 23.2 Å². The fourth-order valence-corrected chi connectivity index (χ4v) is 5.54. The first kappa shape index (κ1) is 24.1. The Kier molecular flexibility index (Phi) is 8.47. The Morgan fingerprint density at radius 1 is 0.935 bits per heavy atom. The predicted octanol–water partition coefficient (Wildman–Crippen LogP) is 4.52. The Labute approximate surface area is 194 Å². The molecule has 170 valence electrons. The molecule has 0 saturated carbocycles. The molecule has 0 saturated heterocycles. The van der Waals surface area contributed by atoms with E-state index in [1.807, 2.05) is 0 Å². The van der Waals surface area contributed by atoms with Crippen molar-refractivity contribution in [3.8, 4) is 11.5 Å². The summed E-state index contributed by atoms with van der Waals surface area (Å²) in [6.07, 6.45) is 3.70. The summed E-state index contributed by atoms with van der Waals surface area (Å²) in [4.78, 5) is 2.51. The number of sulfonamides is 1. The lowest BCUT2D eigenvalue weighted by molar-refractivity contribution is 0.247. The summed E-state index contributed by atoms with van der Waals surface area (Å²) in [6, 6.07) is 8.44. The molecule has 31 heavy (non-hydrogen) atoms. The van der Waals surface area contributed by atoms with Crippen molar-refractivity contribution in [2.45, 2.75) is 37.1 Å². The number of hydrogen-bond acceptors (Lipinski definition) is 5. The van der Waals surface area contributed by atoms with Gasteiger partial charge in [0.15, 0.2) is 11.5 Å². The van der Waals surface area contributed by atoms with Crippen molar-refractivity contribution in [1.29, 1.82) is 0 Å². The van der Waals surface area contributed by atoms with Crippen molar-refractivity contribution in [3.63, 3.8) is 0 Å². The van der Waals surface area contributed by atoms with Crippen LogP contribution < -0.4 is 14.2 Å². The summed E-state index contributed by atoms with van der Waals surface area (Å²) in [7, 11) is -0.301. The minimum absolute atomic E-state index is 0.0871. The third kappa shape index (κ3) is 6.49.